The van der Waals surface area contributed by atoms with Crippen molar-refractivity contribution in [3.05, 3.63) is 79.4 Å². The van der Waals surface area contributed by atoms with Gasteiger partial charge in [0.25, 0.3) is 0 Å². The molecule has 0 atom stereocenters. The fourth-order valence-corrected chi connectivity index (χ4v) is 1.71. The average Bonchev–Trinajstić information content (AvgIpc) is 2.92. The van der Waals surface area contributed by atoms with Gasteiger partial charge in [-0.1, -0.05) is 60.8 Å². The van der Waals surface area contributed by atoms with Crippen LogP contribution in [0.3, 0.4) is 0 Å². The maximum Gasteiger partial charge on any atom is 0.132 e. The summed E-state index contributed by atoms with van der Waals surface area (Å²) < 4.78 is 5.14. The van der Waals surface area contributed by atoms with Crippen LogP contribution in [0.1, 0.15) is 18.2 Å². The van der Waals surface area contributed by atoms with Crippen LogP contribution in [0.4, 0.5) is 0 Å². The van der Waals surface area contributed by atoms with Crippen molar-refractivity contribution < 1.29 is 4.52 Å². The lowest BCUT2D eigenvalue weighted by Gasteiger charge is -2.03. The zero-order chi connectivity index (χ0) is 14.8. The molecule has 1 rings (SSSR count). The lowest BCUT2D eigenvalue weighted by atomic mass is 10.0. The van der Waals surface area contributed by atoms with Crippen molar-refractivity contribution >= 4 is 11.1 Å². The summed E-state index contributed by atoms with van der Waals surface area (Å²) in [6, 6.07) is 0. The van der Waals surface area contributed by atoms with E-state index in [-0.39, 0.29) is 0 Å². The quantitative estimate of drug-likeness (QED) is 0.756. The van der Waals surface area contributed by atoms with Crippen LogP contribution in [-0.4, -0.2) is 12.2 Å². The van der Waals surface area contributed by atoms with E-state index in [2.05, 4.69) is 23.6 Å². The van der Waals surface area contributed by atoms with Gasteiger partial charge < -0.3 is 9.84 Å². The summed E-state index contributed by atoms with van der Waals surface area (Å²) in [6.45, 7) is 9.38. The highest BCUT2D eigenvalue weighted by atomic mass is 16.5. The van der Waals surface area contributed by atoms with Gasteiger partial charge in [0, 0.05) is 24.4 Å². The lowest BCUT2D eigenvalue weighted by Crippen LogP contribution is -1.97. The maximum absolute atomic E-state index is 5.14. The summed E-state index contributed by atoms with van der Waals surface area (Å²) >= 11 is 0. The van der Waals surface area contributed by atoms with Crippen molar-refractivity contribution in [1.29, 1.82) is 0 Å². The van der Waals surface area contributed by atoms with E-state index in [1.165, 1.54) is 0 Å². The summed E-state index contributed by atoms with van der Waals surface area (Å²) in [5.74, 6) is 0. The Bertz CT molecular complexity index is 572. The predicted octanol–water partition coefficient (Wildman–Crippen LogP) is 4.12. The summed E-state index contributed by atoms with van der Waals surface area (Å²) in [5, 5.41) is 7.10. The molecule has 104 valence electrons. The largest absolute Gasteiger partial charge is 0.393 e. The number of allylic oxidation sites excluding steroid dienone is 9. The van der Waals surface area contributed by atoms with Gasteiger partial charge in [-0.15, -0.1) is 0 Å². The van der Waals surface area contributed by atoms with Crippen LogP contribution in [-0.2, 0) is 0 Å². The molecule has 0 aliphatic heterocycles. The molecule has 0 bridgehead atoms. The van der Waals surface area contributed by atoms with E-state index in [4.69, 9.17) is 4.52 Å². The molecule has 0 amide bonds. The van der Waals surface area contributed by atoms with Gasteiger partial charge in [-0.2, -0.15) is 0 Å². The molecule has 0 fully saturated rings. The Labute approximate surface area is 120 Å². The van der Waals surface area contributed by atoms with Crippen LogP contribution < -0.4 is 5.32 Å². The van der Waals surface area contributed by atoms with Crippen LogP contribution >= 0.6 is 0 Å². The van der Waals surface area contributed by atoms with E-state index < -0.39 is 0 Å². The monoisotopic (exact) mass is 268 g/mol. The smallest absolute Gasteiger partial charge is 0.132 e. The van der Waals surface area contributed by atoms with Crippen LogP contribution in [0.2, 0.25) is 0 Å². The van der Waals surface area contributed by atoms with Crippen LogP contribution in [0.15, 0.2) is 72.7 Å². The highest BCUT2D eigenvalue weighted by Gasteiger charge is 2.13. The Morgan fingerprint density at radius 1 is 1.25 bits per heavy atom. The van der Waals surface area contributed by atoms with Gasteiger partial charge in [-0.25, -0.2) is 0 Å². The Balaban J connectivity index is 3.33. The molecular weight excluding hydrogens is 248 g/mol. The lowest BCUT2D eigenvalue weighted by molar-refractivity contribution is 0.417. The molecule has 0 aromatic carbocycles. The van der Waals surface area contributed by atoms with Crippen molar-refractivity contribution in [2.75, 3.05) is 7.05 Å². The molecule has 0 unspecified atom stereocenters. The second-order valence-corrected chi connectivity index (χ2v) is 3.92. The average molecular weight is 268 g/mol. The summed E-state index contributed by atoms with van der Waals surface area (Å²) in [6.07, 6.45) is 16.6. The number of hydrogen-bond acceptors (Lipinski definition) is 3. The molecule has 0 aliphatic carbocycles. The molecule has 0 saturated carbocycles. The molecule has 1 N–H and O–H groups in total. The summed E-state index contributed by atoms with van der Waals surface area (Å²) in [4.78, 5) is 0. The third-order valence-electron chi connectivity index (χ3n) is 2.51. The minimum Gasteiger partial charge on any atom is -0.393 e. The Morgan fingerprint density at radius 2 is 2.05 bits per heavy atom. The van der Waals surface area contributed by atoms with Crippen molar-refractivity contribution in [2.24, 2.45) is 0 Å². The molecule has 3 heteroatoms. The fraction of sp³-hybridized carbons (Fsp3) is 0.118. The minimum atomic E-state index is 0.767. The van der Waals surface area contributed by atoms with Gasteiger partial charge in [0.15, 0.2) is 0 Å². The summed E-state index contributed by atoms with van der Waals surface area (Å²) in [5.41, 5.74) is 3.59. The molecule has 1 aromatic heterocycles. The number of nitrogens with one attached hydrogen (secondary N) is 1. The number of rotatable bonds is 7. The normalized spacial score (nSPS) is 13.1. The first-order valence-corrected chi connectivity index (χ1v) is 6.35. The van der Waals surface area contributed by atoms with Gasteiger partial charge in [-0.05, 0) is 12.5 Å². The second kappa shape index (κ2) is 8.53. The van der Waals surface area contributed by atoms with Gasteiger partial charge in [0.05, 0.1) is 0 Å². The molecule has 0 saturated heterocycles. The molecule has 0 aliphatic rings. The van der Waals surface area contributed by atoms with Crippen molar-refractivity contribution in [2.45, 2.75) is 6.92 Å². The first-order chi connectivity index (χ1) is 9.78. The van der Waals surface area contributed by atoms with E-state index in [0.717, 1.165) is 22.4 Å². The number of aromatic nitrogens is 1. The highest BCUT2D eigenvalue weighted by Crippen LogP contribution is 2.26. The standard InChI is InChI=1S/C17H20N2O/c1-5-8-11-15(12-18-4)17-16(13-20-19-17)14(9-6-2)10-7-3/h5-13,18H,1-2H2,3-4H3/b10-7-,11-8-,14-9+,15-12+. The SMILES string of the molecule is C=C/C=C\C(=C/NC)c1nocc1C(/C=C\C)=C/C=C. The molecule has 0 spiro atoms. The van der Waals surface area contributed by atoms with Gasteiger partial charge >= 0.3 is 0 Å². The van der Waals surface area contributed by atoms with Crippen LogP contribution in [0.5, 0.6) is 0 Å². The topological polar surface area (TPSA) is 38.1 Å². The van der Waals surface area contributed by atoms with Crippen molar-refractivity contribution in [3.63, 3.8) is 0 Å². The van der Waals surface area contributed by atoms with Gasteiger partial charge in [-0.3, -0.25) is 0 Å². The van der Waals surface area contributed by atoms with E-state index in [9.17, 15) is 0 Å². The van der Waals surface area contributed by atoms with Crippen LogP contribution in [0.25, 0.3) is 11.1 Å². The van der Waals surface area contributed by atoms with E-state index in [1.54, 1.807) is 18.4 Å². The van der Waals surface area contributed by atoms with Crippen LogP contribution in [0, 0.1) is 0 Å². The maximum atomic E-state index is 5.14. The third-order valence-corrected chi connectivity index (χ3v) is 2.51. The molecule has 20 heavy (non-hydrogen) atoms. The first-order valence-electron chi connectivity index (χ1n) is 6.35. The predicted molar refractivity (Wildman–Crippen MR) is 85.9 cm³/mol. The molecular formula is C17H20N2O. The minimum absolute atomic E-state index is 0.767. The van der Waals surface area contributed by atoms with E-state index in [1.807, 2.05) is 50.6 Å². The molecule has 1 aromatic rings. The number of nitrogens with zero attached hydrogens (tertiary/aromatic N) is 1. The van der Waals surface area contributed by atoms with Crippen molar-refractivity contribution in [1.82, 2.24) is 10.5 Å². The third kappa shape index (κ3) is 3.99. The van der Waals surface area contributed by atoms with Crippen molar-refractivity contribution in [3.8, 4) is 0 Å². The van der Waals surface area contributed by atoms with Gasteiger partial charge in [0.2, 0.25) is 0 Å². The molecule has 0 radical (unpaired) electrons. The Hall–Kier alpha value is -2.55. The Morgan fingerprint density at radius 3 is 2.65 bits per heavy atom. The molecule has 1 heterocycles. The zero-order valence-corrected chi connectivity index (χ0v) is 12.0. The highest BCUT2D eigenvalue weighted by molar-refractivity contribution is 5.85. The van der Waals surface area contributed by atoms with Gasteiger partial charge in [0.1, 0.15) is 12.0 Å². The fourth-order valence-electron chi connectivity index (χ4n) is 1.71. The Kier molecular flexibility index (Phi) is 6.62. The van der Waals surface area contributed by atoms with E-state index in [0.29, 0.717) is 0 Å². The zero-order valence-electron chi connectivity index (χ0n) is 12.0. The second-order valence-electron chi connectivity index (χ2n) is 3.92. The summed E-state index contributed by atoms with van der Waals surface area (Å²) in [7, 11) is 1.84. The number of hydrogen-bond donors (Lipinski definition) is 1. The van der Waals surface area contributed by atoms with E-state index >= 15 is 0 Å². The molecule has 3 nitrogen and oxygen atoms in total. The first kappa shape index (κ1) is 15.5.